The van der Waals surface area contributed by atoms with Crippen molar-refractivity contribution in [3.05, 3.63) is 47.0 Å². The van der Waals surface area contributed by atoms with E-state index in [4.69, 9.17) is 11.6 Å². The third-order valence-electron chi connectivity index (χ3n) is 3.77. The zero-order chi connectivity index (χ0) is 18.2. The van der Waals surface area contributed by atoms with Crippen molar-refractivity contribution in [1.82, 2.24) is 0 Å². The quantitative estimate of drug-likeness (QED) is 0.812. The highest BCUT2D eigenvalue weighted by atomic mass is 35.5. The lowest BCUT2D eigenvalue weighted by Gasteiger charge is -2.13. The van der Waals surface area contributed by atoms with Gasteiger partial charge in [-0.15, -0.1) is 11.8 Å². The predicted molar refractivity (Wildman–Crippen MR) is 102 cm³/mol. The second kappa shape index (κ2) is 6.90. The van der Waals surface area contributed by atoms with E-state index in [1.165, 1.54) is 6.07 Å². The van der Waals surface area contributed by atoms with E-state index in [0.29, 0.717) is 22.8 Å². The largest absolute Gasteiger partial charge is 0.325 e. The summed E-state index contributed by atoms with van der Waals surface area (Å²) in [4.78, 5) is 12.8. The number of carbonyl (C=O) groups is 1. The number of thioether (sulfide) groups is 1. The molecule has 5 nitrogen and oxygen atoms in total. The molecule has 0 saturated carbocycles. The van der Waals surface area contributed by atoms with Gasteiger partial charge in [0.05, 0.1) is 16.3 Å². The minimum absolute atomic E-state index is 0.0936. The minimum atomic E-state index is -3.78. The molecular formula is C17H17ClN2O3S2. The van der Waals surface area contributed by atoms with Gasteiger partial charge in [0, 0.05) is 21.6 Å². The lowest BCUT2D eigenvalue weighted by Crippen LogP contribution is -2.15. The van der Waals surface area contributed by atoms with E-state index >= 15 is 0 Å². The molecule has 0 aromatic heterocycles. The first-order valence-electron chi connectivity index (χ1n) is 7.64. The molecule has 0 fully saturated rings. The van der Waals surface area contributed by atoms with Crippen LogP contribution in [0.25, 0.3) is 0 Å². The Kier molecular flexibility index (Phi) is 4.99. The molecule has 2 N–H and O–H groups in total. The molecule has 1 heterocycles. The second-order valence-corrected chi connectivity index (χ2v) is 9.50. The number of carbonyl (C=O) groups excluding carboxylic acids is 1. The molecule has 1 amide bonds. The van der Waals surface area contributed by atoms with E-state index in [-0.39, 0.29) is 16.1 Å². The van der Waals surface area contributed by atoms with E-state index < -0.39 is 10.0 Å². The van der Waals surface area contributed by atoms with Gasteiger partial charge >= 0.3 is 0 Å². The normalized spacial score (nSPS) is 17.4. The molecule has 0 saturated heterocycles. The fourth-order valence-corrected chi connectivity index (χ4v) is 4.98. The Hall–Kier alpha value is -1.70. The standard InChI is InChI=1S/C17H17ClN2O3S2/c1-10-7-12(18)3-5-14(10)20-25(22,23)13-4-6-16-15(9-13)19-17(21)8-11(2)24-16/h3-7,9,11,20H,8H2,1-2H3,(H,19,21)/t11-/m0/s1. The van der Waals surface area contributed by atoms with E-state index in [0.717, 1.165) is 10.5 Å². The number of sulfonamides is 1. The number of benzene rings is 2. The van der Waals surface area contributed by atoms with Crippen LogP contribution < -0.4 is 10.0 Å². The molecule has 25 heavy (non-hydrogen) atoms. The van der Waals surface area contributed by atoms with Crippen LogP contribution in [0.15, 0.2) is 46.2 Å². The highest BCUT2D eigenvalue weighted by Crippen LogP contribution is 2.36. The summed E-state index contributed by atoms with van der Waals surface area (Å²) in [5.41, 5.74) is 1.71. The number of nitrogens with one attached hydrogen (secondary N) is 2. The topological polar surface area (TPSA) is 75.3 Å². The van der Waals surface area contributed by atoms with Gasteiger partial charge in [0.25, 0.3) is 10.0 Å². The molecule has 0 bridgehead atoms. The Bertz CT molecular complexity index is 945. The number of anilines is 2. The predicted octanol–water partition coefficient (Wildman–Crippen LogP) is 4.27. The van der Waals surface area contributed by atoms with Crippen LogP contribution in [0.5, 0.6) is 0 Å². The van der Waals surface area contributed by atoms with Crippen LogP contribution in [0, 0.1) is 6.92 Å². The fraction of sp³-hybridized carbons (Fsp3) is 0.235. The van der Waals surface area contributed by atoms with Crippen molar-refractivity contribution in [3.63, 3.8) is 0 Å². The van der Waals surface area contributed by atoms with E-state index in [1.54, 1.807) is 49.0 Å². The highest BCUT2D eigenvalue weighted by Gasteiger charge is 2.22. The maximum atomic E-state index is 12.7. The summed E-state index contributed by atoms with van der Waals surface area (Å²) in [7, 11) is -3.78. The van der Waals surface area contributed by atoms with Crippen molar-refractivity contribution < 1.29 is 13.2 Å². The molecule has 2 aromatic rings. The summed E-state index contributed by atoms with van der Waals surface area (Å²) in [5.74, 6) is -0.116. The molecule has 0 unspecified atom stereocenters. The summed E-state index contributed by atoms with van der Waals surface area (Å²) in [6.07, 6.45) is 0.393. The summed E-state index contributed by atoms with van der Waals surface area (Å²) in [6.45, 7) is 3.74. The van der Waals surface area contributed by atoms with Crippen LogP contribution in [-0.2, 0) is 14.8 Å². The Morgan fingerprint density at radius 1 is 1.24 bits per heavy atom. The third-order valence-corrected chi connectivity index (χ3v) is 6.55. The van der Waals surface area contributed by atoms with Crippen molar-refractivity contribution >= 4 is 50.7 Å². The number of rotatable bonds is 3. The molecule has 1 aliphatic rings. The molecule has 0 radical (unpaired) electrons. The third kappa shape index (κ3) is 4.11. The molecule has 0 aliphatic carbocycles. The van der Waals surface area contributed by atoms with Crippen LogP contribution >= 0.6 is 23.4 Å². The highest BCUT2D eigenvalue weighted by molar-refractivity contribution is 8.00. The first kappa shape index (κ1) is 18.1. The van der Waals surface area contributed by atoms with E-state index in [1.807, 2.05) is 6.92 Å². The maximum absolute atomic E-state index is 12.7. The van der Waals surface area contributed by atoms with Gasteiger partial charge in [0.15, 0.2) is 0 Å². The van der Waals surface area contributed by atoms with Gasteiger partial charge in [-0.1, -0.05) is 18.5 Å². The lowest BCUT2D eigenvalue weighted by molar-refractivity contribution is -0.116. The zero-order valence-corrected chi connectivity index (χ0v) is 16.1. The summed E-state index contributed by atoms with van der Waals surface area (Å²) in [6, 6.07) is 9.70. The van der Waals surface area contributed by atoms with Gasteiger partial charge < -0.3 is 5.32 Å². The summed E-state index contributed by atoms with van der Waals surface area (Å²) in [5, 5.41) is 3.46. The molecule has 132 valence electrons. The monoisotopic (exact) mass is 396 g/mol. The minimum Gasteiger partial charge on any atom is -0.325 e. The number of hydrogen-bond donors (Lipinski definition) is 2. The van der Waals surface area contributed by atoms with Crippen LogP contribution in [-0.4, -0.2) is 19.6 Å². The van der Waals surface area contributed by atoms with Gasteiger partial charge in [0.1, 0.15) is 0 Å². The van der Waals surface area contributed by atoms with E-state index in [2.05, 4.69) is 10.0 Å². The first-order chi connectivity index (χ1) is 11.7. The van der Waals surface area contributed by atoms with Crippen LogP contribution in [0.4, 0.5) is 11.4 Å². The van der Waals surface area contributed by atoms with Gasteiger partial charge in [0.2, 0.25) is 5.91 Å². The Morgan fingerprint density at radius 2 is 2.00 bits per heavy atom. The average Bonchev–Trinajstić information content (AvgIpc) is 2.65. The van der Waals surface area contributed by atoms with Crippen molar-refractivity contribution in [3.8, 4) is 0 Å². The van der Waals surface area contributed by atoms with Gasteiger partial charge in [-0.2, -0.15) is 0 Å². The maximum Gasteiger partial charge on any atom is 0.261 e. The number of fused-ring (bicyclic) bond motifs is 1. The first-order valence-corrected chi connectivity index (χ1v) is 10.4. The number of amides is 1. The van der Waals surface area contributed by atoms with Crippen molar-refractivity contribution in [1.29, 1.82) is 0 Å². The number of aryl methyl sites for hydroxylation is 1. The molecule has 3 rings (SSSR count). The van der Waals surface area contributed by atoms with Gasteiger partial charge in [-0.05, 0) is 48.9 Å². The Balaban J connectivity index is 1.94. The lowest BCUT2D eigenvalue weighted by atomic mass is 10.2. The van der Waals surface area contributed by atoms with Crippen LogP contribution in [0.1, 0.15) is 18.9 Å². The Morgan fingerprint density at radius 3 is 2.72 bits per heavy atom. The second-order valence-electron chi connectivity index (χ2n) is 5.90. The molecule has 1 aliphatic heterocycles. The smallest absolute Gasteiger partial charge is 0.261 e. The number of halogens is 1. The molecule has 8 heteroatoms. The average molecular weight is 397 g/mol. The zero-order valence-electron chi connectivity index (χ0n) is 13.7. The van der Waals surface area contributed by atoms with Crippen molar-refractivity contribution in [2.75, 3.05) is 10.0 Å². The molecule has 0 spiro atoms. The SMILES string of the molecule is Cc1cc(Cl)ccc1NS(=O)(=O)c1ccc2c(c1)NC(=O)C[C@H](C)S2. The molecular weight excluding hydrogens is 380 g/mol. The molecule has 1 atom stereocenters. The number of hydrogen-bond acceptors (Lipinski definition) is 4. The van der Waals surface area contributed by atoms with E-state index in [9.17, 15) is 13.2 Å². The Labute approximate surface area is 156 Å². The summed E-state index contributed by atoms with van der Waals surface area (Å²) >= 11 is 7.46. The van der Waals surface area contributed by atoms with Crippen molar-refractivity contribution in [2.45, 2.75) is 35.3 Å². The van der Waals surface area contributed by atoms with Gasteiger partial charge in [-0.3, -0.25) is 9.52 Å². The van der Waals surface area contributed by atoms with Crippen LogP contribution in [0.2, 0.25) is 5.02 Å². The van der Waals surface area contributed by atoms with Crippen LogP contribution in [0.3, 0.4) is 0 Å². The fourth-order valence-electron chi connectivity index (χ4n) is 2.54. The van der Waals surface area contributed by atoms with Crippen molar-refractivity contribution in [2.24, 2.45) is 0 Å². The summed E-state index contributed by atoms with van der Waals surface area (Å²) < 4.78 is 28.0. The van der Waals surface area contributed by atoms with Gasteiger partial charge in [-0.25, -0.2) is 8.42 Å². The molecule has 2 aromatic carbocycles.